The number of aliphatic carboxylic acids is 1. The summed E-state index contributed by atoms with van der Waals surface area (Å²) in [6, 6.07) is 25.8. The molecule has 0 radical (unpaired) electrons. The van der Waals surface area contributed by atoms with E-state index in [0.717, 1.165) is 28.3 Å². The van der Waals surface area contributed by atoms with Gasteiger partial charge < -0.3 is 15.9 Å². The van der Waals surface area contributed by atoms with Gasteiger partial charge in [-0.3, -0.25) is 34.5 Å². The summed E-state index contributed by atoms with van der Waals surface area (Å²) in [5.41, 5.74) is 11.6. The number of pyridine rings is 4. The normalized spacial score (nSPS) is 12.0. The maximum atomic E-state index is 11.8. The predicted octanol–water partition coefficient (Wildman–Crippen LogP) is 4.33. The molecule has 0 spiro atoms. The van der Waals surface area contributed by atoms with Gasteiger partial charge in [-0.2, -0.15) is 0 Å². The maximum absolute atomic E-state index is 11.8. The summed E-state index contributed by atoms with van der Waals surface area (Å²) >= 11 is 0. The summed E-state index contributed by atoms with van der Waals surface area (Å²) in [4.78, 5) is 34.1. The molecule has 0 aliphatic carbocycles. The van der Waals surface area contributed by atoms with Gasteiger partial charge in [0.15, 0.2) is 0 Å². The molecule has 0 aliphatic rings. The molecule has 0 amide bonds. The maximum Gasteiger partial charge on any atom is 0.320 e. The Hall–Kier alpha value is -5.03. The van der Waals surface area contributed by atoms with Crippen molar-refractivity contribution in [3.05, 3.63) is 149 Å². The van der Waals surface area contributed by atoms with Crippen LogP contribution in [0, 0.1) is 0 Å². The van der Waals surface area contributed by atoms with Crippen LogP contribution in [0.3, 0.4) is 0 Å². The Labute approximate surface area is 262 Å². The number of hydrogen-bond acceptors (Lipinski definition) is 9. The summed E-state index contributed by atoms with van der Waals surface area (Å²) in [6.45, 7) is 2.85. The topological polar surface area (TPSA) is 142 Å². The number of benzene rings is 1. The molecule has 0 bridgehead atoms. The molecule has 0 aliphatic heterocycles. The first-order valence-corrected chi connectivity index (χ1v) is 14.8. The standard InChI is InChI=1S/C35H37N7O3/c36-33(35(44)45)19-26-17-27(20-41(22-29-9-1-5-13-37-29)23-30-10-2-6-14-38-30)34(43)28(18-26)21-42(24-31-11-3-7-15-39-31)25-32-12-4-8-16-40-32/h1-18,33,43H,19-25,36H2,(H,44,45)/t33-/m0/s1. The Morgan fingerprint density at radius 2 is 0.978 bits per heavy atom. The fourth-order valence-electron chi connectivity index (χ4n) is 5.23. The Balaban J connectivity index is 1.49. The van der Waals surface area contributed by atoms with E-state index < -0.39 is 12.0 Å². The molecule has 5 aromatic rings. The lowest BCUT2D eigenvalue weighted by Gasteiger charge is -2.26. The quantitative estimate of drug-likeness (QED) is 0.158. The molecule has 0 saturated carbocycles. The zero-order chi connectivity index (χ0) is 31.4. The Morgan fingerprint density at radius 3 is 1.27 bits per heavy atom. The van der Waals surface area contributed by atoms with Gasteiger partial charge >= 0.3 is 5.97 Å². The molecule has 1 aromatic carbocycles. The van der Waals surface area contributed by atoms with Crippen molar-refractivity contribution in [2.24, 2.45) is 5.73 Å². The molecule has 45 heavy (non-hydrogen) atoms. The number of hydrogen-bond donors (Lipinski definition) is 3. The van der Waals surface area contributed by atoms with Crippen molar-refractivity contribution in [1.29, 1.82) is 0 Å². The third kappa shape index (κ3) is 9.48. The van der Waals surface area contributed by atoms with Crippen molar-refractivity contribution in [3.63, 3.8) is 0 Å². The predicted molar refractivity (Wildman–Crippen MR) is 170 cm³/mol. The third-order valence-electron chi connectivity index (χ3n) is 7.34. The van der Waals surface area contributed by atoms with Gasteiger partial charge in [-0.15, -0.1) is 0 Å². The zero-order valence-electron chi connectivity index (χ0n) is 25.0. The summed E-state index contributed by atoms with van der Waals surface area (Å²) < 4.78 is 0. The number of rotatable bonds is 15. The van der Waals surface area contributed by atoms with Crippen LogP contribution in [-0.2, 0) is 50.5 Å². The second-order valence-electron chi connectivity index (χ2n) is 11.0. The van der Waals surface area contributed by atoms with Gasteiger partial charge in [0.25, 0.3) is 0 Å². The van der Waals surface area contributed by atoms with Crippen molar-refractivity contribution in [2.75, 3.05) is 0 Å². The molecule has 0 fully saturated rings. The average Bonchev–Trinajstić information content (AvgIpc) is 3.05. The first kappa shape index (κ1) is 31.4. The lowest BCUT2D eigenvalue weighted by atomic mass is 9.98. The van der Waals surface area contributed by atoms with Gasteiger partial charge in [0.05, 0.1) is 22.8 Å². The molecule has 4 aromatic heterocycles. The molecule has 1 atom stereocenters. The van der Waals surface area contributed by atoms with Gasteiger partial charge in [-0.25, -0.2) is 0 Å². The monoisotopic (exact) mass is 603 g/mol. The van der Waals surface area contributed by atoms with E-state index in [4.69, 9.17) is 5.73 Å². The lowest BCUT2D eigenvalue weighted by molar-refractivity contribution is -0.138. The molecular weight excluding hydrogens is 566 g/mol. The smallest absolute Gasteiger partial charge is 0.320 e. The minimum Gasteiger partial charge on any atom is -0.507 e. The van der Waals surface area contributed by atoms with E-state index in [1.807, 2.05) is 84.9 Å². The van der Waals surface area contributed by atoms with Gasteiger partial charge in [0.2, 0.25) is 0 Å². The number of carbonyl (C=O) groups is 1. The van der Waals surface area contributed by atoms with Gasteiger partial charge in [-0.1, -0.05) is 36.4 Å². The lowest BCUT2D eigenvalue weighted by Crippen LogP contribution is -2.32. The highest BCUT2D eigenvalue weighted by Gasteiger charge is 2.20. The largest absolute Gasteiger partial charge is 0.507 e. The highest BCUT2D eigenvalue weighted by molar-refractivity contribution is 5.73. The van der Waals surface area contributed by atoms with Crippen LogP contribution < -0.4 is 5.73 Å². The van der Waals surface area contributed by atoms with Gasteiger partial charge in [0.1, 0.15) is 11.8 Å². The molecule has 0 unspecified atom stereocenters. The highest BCUT2D eigenvalue weighted by Crippen LogP contribution is 2.30. The van der Waals surface area contributed by atoms with Gasteiger partial charge in [0, 0.05) is 75.2 Å². The molecule has 0 saturated heterocycles. The Morgan fingerprint density at radius 1 is 0.622 bits per heavy atom. The number of nitrogens with two attached hydrogens (primary N) is 1. The van der Waals surface area contributed by atoms with Crippen LogP contribution in [0.1, 0.15) is 39.5 Å². The minimum atomic E-state index is -1.08. The number of nitrogens with zero attached hydrogens (tertiary/aromatic N) is 6. The van der Waals surface area contributed by atoms with Crippen molar-refractivity contribution in [1.82, 2.24) is 29.7 Å². The molecule has 230 valence electrons. The van der Waals surface area contributed by atoms with E-state index in [-0.39, 0.29) is 12.2 Å². The van der Waals surface area contributed by atoms with Gasteiger partial charge in [-0.05, 0) is 60.5 Å². The summed E-state index contributed by atoms with van der Waals surface area (Å²) in [5.74, 6) is -0.924. The molecular formula is C35H37N7O3. The average molecular weight is 604 g/mol. The summed E-state index contributed by atoms with van der Waals surface area (Å²) in [5, 5.41) is 21.3. The summed E-state index contributed by atoms with van der Waals surface area (Å²) in [6.07, 6.45) is 7.16. The number of carboxylic acids is 1. The van der Waals surface area contributed by atoms with Crippen LogP contribution in [0.25, 0.3) is 0 Å². The molecule has 10 heteroatoms. The van der Waals surface area contributed by atoms with E-state index in [2.05, 4.69) is 29.7 Å². The first-order chi connectivity index (χ1) is 21.9. The van der Waals surface area contributed by atoms with Crippen molar-refractivity contribution in [2.45, 2.75) is 51.7 Å². The molecule has 10 nitrogen and oxygen atoms in total. The van der Waals surface area contributed by atoms with E-state index in [9.17, 15) is 15.0 Å². The Bertz CT molecular complexity index is 1450. The second kappa shape index (κ2) is 15.6. The minimum absolute atomic E-state index is 0.122. The zero-order valence-corrected chi connectivity index (χ0v) is 25.0. The van der Waals surface area contributed by atoms with Crippen LogP contribution >= 0.6 is 0 Å². The van der Waals surface area contributed by atoms with Crippen molar-refractivity contribution >= 4 is 5.97 Å². The van der Waals surface area contributed by atoms with Crippen molar-refractivity contribution in [3.8, 4) is 5.75 Å². The molecule has 4 heterocycles. The van der Waals surface area contributed by atoms with E-state index in [1.54, 1.807) is 24.8 Å². The number of aromatic nitrogens is 4. The first-order valence-electron chi connectivity index (χ1n) is 14.8. The van der Waals surface area contributed by atoms with Crippen molar-refractivity contribution < 1.29 is 15.0 Å². The summed E-state index contributed by atoms with van der Waals surface area (Å²) in [7, 11) is 0. The molecule has 4 N–H and O–H groups in total. The van der Waals surface area contributed by atoms with E-state index in [1.165, 1.54) is 0 Å². The molecule has 5 rings (SSSR count). The highest BCUT2D eigenvalue weighted by atomic mass is 16.4. The second-order valence-corrected chi connectivity index (χ2v) is 11.0. The number of carboxylic acid groups (broad SMARTS) is 1. The Kier molecular flexibility index (Phi) is 10.9. The number of phenolic OH excluding ortho intramolecular Hbond substituents is 1. The SMILES string of the molecule is N[C@@H](Cc1cc(CN(Cc2ccccn2)Cc2ccccn2)c(O)c(CN(Cc2ccccn2)Cc2ccccn2)c1)C(=O)O. The number of aromatic hydroxyl groups is 1. The van der Waals surface area contributed by atoms with E-state index >= 15 is 0 Å². The van der Waals surface area contributed by atoms with Crippen LogP contribution in [0.15, 0.2) is 110 Å². The fourth-order valence-corrected chi connectivity index (χ4v) is 5.23. The van der Waals surface area contributed by atoms with Crippen LogP contribution in [-0.4, -0.2) is 52.0 Å². The third-order valence-corrected chi connectivity index (χ3v) is 7.34. The van der Waals surface area contributed by atoms with Crippen LogP contribution in [0.2, 0.25) is 0 Å². The van der Waals surface area contributed by atoms with Crippen LogP contribution in [0.5, 0.6) is 5.75 Å². The van der Waals surface area contributed by atoms with E-state index in [0.29, 0.717) is 50.4 Å². The fraction of sp³-hybridized carbons (Fsp3) is 0.229. The van der Waals surface area contributed by atoms with Crippen LogP contribution in [0.4, 0.5) is 0 Å². The number of phenols is 1.